The van der Waals surface area contributed by atoms with Gasteiger partial charge in [0.1, 0.15) is 12.5 Å². The van der Waals surface area contributed by atoms with Gasteiger partial charge in [-0.1, -0.05) is 30.3 Å². The van der Waals surface area contributed by atoms with Crippen molar-refractivity contribution in [2.45, 2.75) is 11.9 Å². The van der Waals surface area contributed by atoms with Crippen molar-refractivity contribution in [1.82, 2.24) is 0 Å². The fourth-order valence-electron chi connectivity index (χ4n) is 2.49. The van der Waals surface area contributed by atoms with Gasteiger partial charge in [-0.05, 0) is 25.0 Å². The molecule has 0 bridgehead atoms. The van der Waals surface area contributed by atoms with Crippen LogP contribution in [0, 0.1) is 0 Å². The zero-order valence-electron chi connectivity index (χ0n) is 13.1. The van der Waals surface area contributed by atoms with Crippen LogP contribution in [-0.4, -0.2) is 30.3 Å². The van der Waals surface area contributed by atoms with E-state index in [0.29, 0.717) is 0 Å². The lowest BCUT2D eigenvalue weighted by Gasteiger charge is -2.21. The molecule has 0 aliphatic carbocycles. The Morgan fingerprint density at radius 2 is 1.59 bits per heavy atom. The van der Waals surface area contributed by atoms with Crippen LogP contribution in [0.2, 0.25) is 0 Å². The molecule has 0 fully saturated rings. The highest BCUT2D eigenvalue weighted by atomic mass is 31.2. The van der Waals surface area contributed by atoms with E-state index in [-0.39, 0.29) is 6.54 Å². The molecule has 1 heterocycles. The Bertz CT molecular complexity index is 712. The standard InChI is InChI=1S/C16H21NO3P2/c1-21(2,18)16(22(3,19)20)13-17-11-7-10-15(12-17)14-8-5-4-6-9-14/h4-12,16H,13H2,1-3H3/p+1. The maximum atomic E-state index is 12.4. The zero-order chi connectivity index (χ0) is 16.4. The SMILES string of the molecule is CP(C)(=O)C(C[n+]1cccc(-c2ccccc2)c1)P(C)(=O)O. The van der Waals surface area contributed by atoms with Crippen molar-refractivity contribution in [3.8, 4) is 11.1 Å². The van der Waals surface area contributed by atoms with Crippen LogP contribution in [0.25, 0.3) is 11.1 Å². The number of rotatable bonds is 5. The number of hydrogen-bond donors (Lipinski definition) is 1. The van der Waals surface area contributed by atoms with Crippen LogP contribution >= 0.6 is 14.5 Å². The van der Waals surface area contributed by atoms with Gasteiger partial charge in [0, 0.05) is 18.3 Å². The maximum Gasteiger partial charge on any atom is 0.214 e. The first-order chi connectivity index (χ1) is 10.2. The summed E-state index contributed by atoms with van der Waals surface area (Å²) in [6, 6.07) is 13.8. The second-order valence-electron chi connectivity index (χ2n) is 6.01. The van der Waals surface area contributed by atoms with Crippen LogP contribution in [0.15, 0.2) is 54.9 Å². The molecule has 4 nitrogen and oxygen atoms in total. The second kappa shape index (κ2) is 6.50. The lowest BCUT2D eigenvalue weighted by molar-refractivity contribution is -0.693. The molecule has 1 N–H and O–H groups in total. The summed E-state index contributed by atoms with van der Waals surface area (Å²) in [7, 11) is -6.12. The largest absolute Gasteiger partial charge is 0.344 e. The van der Waals surface area contributed by atoms with E-state index in [2.05, 4.69) is 0 Å². The normalized spacial score (nSPS) is 16.0. The van der Waals surface area contributed by atoms with Crippen molar-refractivity contribution >= 4 is 14.5 Å². The summed E-state index contributed by atoms with van der Waals surface area (Å²) in [5, 5.41) is -0.726. The molecule has 6 heteroatoms. The highest BCUT2D eigenvalue weighted by molar-refractivity contribution is 7.78. The molecule has 0 saturated carbocycles. The first kappa shape index (κ1) is 17.1. The Balaban J connectivity index is 2.34. The van der Waals surface area contributed by atoms with Gasteiger partial charge in [-0.3, -0.25) is 4.57 Å². The Morgan fingerprint density at radius 3 is 2.14 bits per heavy atom. The molecule has 1 aromatic heterocycles. The first-order valence-corrected chi connectivity index (χ1v) is 11.9. The van der Waals surface area contributed by atoms with Crippen LogP contribution in [0.3, 0.4) is 0 Å². The van der Waals surface area contributed by atoms with Gasteiger partial charge >= 0.3 is 0 Å². The van der Waals surface area contributed by atoms with Crippen LogP contribution in [-0.2, 0) is 15.7 Å². The molecule has 2 aromatic rings. The molecule has 2 rings (SSSR count). The summed E-state index contributed by atoms with van der Waals surface area (Å²) in [6.45, 7) is 4.71. The van der Waals surface area contributed by atoms with Gasteiger partial charge < -0.3 is 9.46 Å². The van der Waals surface area contributed by atoms with E-state index >= 15 is 0 Å². The quantitative estimate of drug-likeness (QED) is 0.671. The minimum absolute atomic E-state index is 0.273. The lowest BCUT2D eigenvalue weighted by Crippen LogP contribution is -2.39. The van der Waals surface area contributed by atoms with E-state index in [0.717, 1.165) is 11.1 Å². The molecule has 0 radical (unpaired) electrons. The highest BCUT2D eigenvalue weighted by Gasteiger charge is 2.39. The van der Waals surface area contributed by atoms with Crippen LogP contribution in [0.1, 0.15) is 0 Å². The van der Waals surface area contributed by atoms with E-state index in [4.69, 9.17) is 0 Å². The van der Waals surface area contributed by atoms with Gasteiger partial charge in [0.05, 0.1) is 0 Å². The summed E-state index contributed by atoms with van der Waals surface area (Å²) >= 11 is 0. The zero-order valence-corrected chi connectivity index (χ0v) is 14.9. The Hall–Kier alpha value is -1.21. The Labute approximate surface area is 131 Å². The number of pyridine rings is 1. The smallest absolute Gasteiger partial charge is 0.214 e. The molecule has 2 unspecified atom stereocenters. The van der Waals surface area contributed by atoms with Crippen molar-refractivity contribution < 1.29 is 18.6 Å². The van der Waals surface area contributed by atoms with E-state index in [1.54, 1.807) is 13.3 Å². The highest BCUT2D eigenvalue weighted by Crippen LogP contribution is 2.60. The number of nitrogens with zero attached hydrogens (tertiary/aromatic N) is 1. The third kappa shape index (κ3) is 4.39. The van der Waals surface area contributed by atoms with Crippen LogP contribution in [0.5, 0.6) is 0 Å². The third-order valence-corrected chi connectivity index (χ3v) is 9.43. The number of aromatic nitrogens is 1. The van der Waals surface area contributed by atoms with Crippen molar-refractivity contribution in [3.05, 3.63) is 54.9 Å². The predicted octanol–water partition coefficient (Wildman–Crippen LogP) is 3.49. The molecule has 1 aromatic carbocycles. The molecule has 0 aliphatic heterocycles. The Morgan fingerprint density at radius 1 is 1.00 bits per heavy atom. The topological polar surface area (TPSA) is 58.2 Å². The molecule has 0 spiro atoms. The minimum Gasteiger partial charge on any atom is -0.344 e. The van der Waals surface area contributed by atoms with Crippen molar-refractivity contribution in [3.63, 3.8) is 0 Å². The molecule has 0 amide bonds. The van der Waals surface area contributed by atoms with Crippen molar-refractivity contribution in [2.24, 2.45) is 0 Å². The summed E-state index contributed by atoms with van der Waals surface area (Å²) < 4.78 is 26.3. The van der Waals surface area contributed by atoms with E-state index < -0.39 is 19.9 Å². The molecule has 0 aliphatic rings. The fraction of sp³-hybridized carbons (Fsp3) is 0.312. The lowest BCUT2D eigenvalue weighted by atomic mass is 10.1. The van der Waals surface area contributed by atoms with Gasteiger partial charge in [-0.15, -0.1) is 0 Å². The monoisotopic (exact) mass is 338 g/mol. The molecule has 118 valence electrons. The number of hydrogen-bond acceptors (Lipinski definition) is 2. The number of benzene rings is 1. The van der Waals surface area contributed by atoms with Gasteiger partial charge in [-0.25, -0.2) is 4.57 Å². The summed E-state index contributed by atoms with van der Waals surface area (Å²) in [6.07, 6.45) is 3.76. The fourth-order valence-corrected chi connectivity index (χ4v) is 7.69. The predicted molar refractivity (Wildman–Crippen MR) is 91.1 cm³/mol. The maximum absolute atomic E-state index is 12.4. The summed E-state index contributed by atoms with van der Waals surface area (Å²) in [4.78, 5) is 9.93. The molecular formula is C16H22NO3P2+. The van der Waals surface area contributed by atoms with Crippen LogP contribution in [0.4, 0.5) is 0 Å². The van der Waals surface area contributed by atoms with Crippen LogP contribution < -0.4 is 4.57 Å². The van der Waals surface area contributed by atoms with Gasteiger partial charge in [0.15, 0.2) is 18.9 Å². The van der Waals surface area contributed by atoms with Crippen molar-refractivity contribution in [2.75, 3.05) is 20.0 Å². The summed E-state index contributed by atoms with van der Waals surface area (Å²) in [5.74, 6) is 0. The first-order valence-electron chi connectivity index (χ1n) is 7.07. The average molecular weight is 338 g/mol. The Kier molecular flexibility index (Phi) is 5.07. The minimum atomic E-state index is -3.43. The van der Waals surface area contributed by atoms with E-state index in [9.17, 15) is 14.0 Å². The van der Waals surface area contributed by atoms with E-state index in [1.165, 1.54) is 6.66 Å². The van der Waals surface area contributed by atoms with E-state index in [1.807, 2.05) is 59.4 Å². The van der Waals surface area contributed by atoms with Crippen molar-refractivity contribution in [1.29, 1.82) is 0 Å². The second-order valence-corrected chi connectivity index (χ2v) is 12.4. The molecule has 0 saturated heterocycles. The summed E-state index contributed by atoms with van der Waals surface area (Å²) in [5.41, 5.74) is 2.10. The van der Waals surface area contributed by atoms with Gasteiger partial charge in [0.2, 0.25) is 7.37 Å². The average Bonchev–Trinajstić information content (AvgIpc) is 2.44. The van der Waals surface area contributed by atoms with Gasteiger partial charge in [0.25, 0.3) is 0 Å². The van der Waals surface area contributed by atoms with Gasteiger partial charge in [-0.2, -0.15) is 0 Å². The molecule has 22 heavy (non-hydrogen) atoms. The third-order valence-electron chi connectivity index (χ3n) is 3.61. The molecule has 2 atom stereocenters. The molecular weight excluding hydrogens is 316 g/mol.